The molecule has 0 unspecified atom stereocenters. The SMILES string of the molecule is CC(=O)Oc1cc(OC(C)=O)cc(C(=O)Nc2ccccc2C(=O)O)c1. The second-order valence-electron chi connectivity index (χ2n) is 5.19. The number of aromatic carboxylic acids is 1. The van der Waals surface area contributed by atoms with Gasteiger partial charge in [-0.1, -0.05) is 12.1 Å². The highest BCUT2D eigenvalue weighted by atomic mass is 16.5. The van der Waals surface area contributed by atoms with Gasteiger partial charge in [0.2, 0.25) is 0 Å². The summed E-state index contributed by atoms with van der Waals surface area (Å²) in [5, 5.41) is 11.6. The van der Waals surface area contributed by atoms with Crippen LogP contribution in [0.5, 0.6) is 11.5 Å². The van der Waals surface area contributed by atoms with Crippen molar-refractivity contribution in [3.63, 3.8) is 0 Å². The highest BCUT2D eigenvalue weighted by Crippen LogP contribution is 2.25. The van der Waals surface area contributed by atoms with Crippen molar-refractivity contribution in [1.82, 2.24) is 0 Å². The topological polar surface area (TPSA) is 119 Å². The first-order valence-corrected chi connectivity index (χ1v) is 7.42. The van der Waals surface area contributed by atoms with Crippen molar-refractivity contribution in [2.24, 2.45) is 0 Å². The molecule has 8 nitrogen and oxygen atoms in total. The maximum absolute atomic E-state index is 12.5. The molecule has 0 atom stereocenters. The summed E-state index contributed by atoms with van der Waals surface area (Å²) in [6.07, 6.45) is 0. The Hall–Kier alpha value is -3.68. The van der Waals surface area contributed by atoms with Gasteiger partial charge >= 0.3 is 17.9 Å². The molecule has 0 bridgehead atoms. The van der Waals surface area contributed by atoms with E-state index in [9.17, 15) is 19.2 Å². The first-order chi connectivity index (χ1) is 12.3. The fraction of sp³-hybridized carbons (Fsp3) is 0.111. The van der Waals surface area contributed by atoms with Crippen molar-refractivity contribution >= 4 is 29.5 Å². The fourth-order valence-electron chi connectivity index (χ4n) is 2.13. The molecule has 0 aliphatic rings. The second-order valence-corrected chi connectivity index (χ2v) is 5.19. The van der Waals surface area contributed by atoms with E-state index in [1.807, 2.05) is 0 Å². The third-order valence-corrected chi connectivity index (χ3v) is 3.07. The summed E-state index contributed by atoms with van der Waals surface area (Å²) in [5.41, 5.74) is 0.0225. The van der Waals surface area contributed by atoms with Crippen LogP contribution < -0.4 is 14.8 Å². The Kier molecular flexibility index (Phi) is 5.69. The van der Waals surface area contributed by atoms with Crippen LogP contribution in [0.25, 0.3) is 0 Å². The number of carboxylic acid groups (broad SMARTS) is 1. The lowest BCUT2D eigenvalue weighted by atomic mass is 10.1. The van der Waals surface area contributed by atoms with Gasteiger partial charge in [-0.25, -0.2) is 4.79 Å². The molecule has 0 saturated carbocycles. The van der Waals surface area contributed by atoms with E-state index >= 15 is 0 Å². The number of anilines is 1. The molecule has 2 aromatic carbocycles. The Morgan fingerprint density at radius 3 is 1.92 bits per heavy atom. The van der Waals surface area contributed by atoms with Crippen LogP contribution in [0.4, 0.5) is 5.69 Å². The molecule has 2 aromatic rings. The molecule has 0 aliphatic heterocycles. The molecule has 2 N–H and O–H groups in total. The lowest BCUT2D eigenvalue weighted by Gasteiger charge is -2.11. The van der Waals surface area contributed by atoms with Crippen LogP contribution in [0.15, 0.2) is 42.5 Å². The predicted octanol–water partition coefficient (Wildman–Crippen LogP) is 2.49. The summed E-state index contributed by atoms with van der Waals surface area (Å²) in [7, 11) is 0. The standard InChI is InChI=1S/C18H15NO7/c1-10(20)25-13-7-12(8-14(9-13)26-11(2)21)17(22)19-16-6-4-3-5-15(16)18(23)24/h3-9H,1-2H3,(H,19,22)(H,23,24). The van der Waals surface area contributed by atoms with Crippen molar-refractivity contribution in [2.75, 3.05) is 5.32 Å². The summed E-state index contributed by atoms with van der Waals surface area (Å²) in [6, 6.07) is 9.70. The van der Waals surface area contributed by atoms with Gasteiger partial charge in [0.1, 0.15) is 11.5 Å². The number of carboxylic acids is 1. The Morgan fingerprint density at radius 1 is 0.885 bits per heavy atom. The van der Waals surface area contributed by atoms with Gasteiger partial charge in [0, 0.05) is 25.5 Å². The van der Waals surface area contributed by atoms with Crippen LogP contribution in [-0.4, -0.2) is 28.9 Å². The highest BCUT2D eigenvalue weighted by molar-refractivity contribution is 6.08. The van der Waals surface area contributed by atoms with Gasteiger partial charge in [0.15, 0.2) is 0 Å². The van der Waals surface area contributed by atoms with E-state index in [1.165, 1.54) is 50.2 Å². The van der Waals surface area contributed by atoms with Crippen molar-refractivity contribution < 1.29 is 33.8 Å². The largest absolute Gasteiger partial charge is 0.478 e. The van der Waals surface area contributed by atoms with Gasteiger partial charge in [0.25, 0.3) is 5.91 Å². The number of amides is 1. The van der Waals surface area contributed by atoms with Crippen molar-refractivity contribution in [3.05, 3.63) is 53.6 Å². The van der Waals surface area contributed by atoms with Gasteiger partial charge in [-0.05, 0) is 24.3 Å². The number of ether oxygens (including phenoxy) is 2. The number of hydrogen-bond acceptors (Lipinski definition) is 6. The Balaban J connectivity index is 2.36. The number of para-hydroxylation sites is 1. The molecule has 0 spiro atoms. The van der Waals surface area contributed by atoms with Crippen LogP contribution in [-0.2, 0) is 9.59 Å². The average Bonchev–Trinajstić information content (AvgIpc) is 2.53. The maximum Gasteiger partial charge on any atom is 0.337 e. The van der Waals surface area contributed by atoms with E-state index in [0.29, 0.717) is 0 Å². The number of carbonyl (C=O) groups is 4. The number of benzene rings is 2. The second kappa shape index (κ2) is 7.93. The van der Waals surface area contributed by atoms with Crippen LogP contribution in [0.2, 0.25) is 0 Å². The van der Waals surface area contributed by atoms with Gasteiger partial charge in [0.05, 0.1) is 11.3 Å². The lowest BCUT2D eigenvalue weighted by molar-refractivity contribution is -0.132. The molecule has 0 aromatic heterocycles. The molecular weight excluding hydrogens is 342 g/mol. The molecule has 1 amide bonds. The van der Waals surface area contributed by atoms with Crippen molar-refractivity contribution in [1.29, 1.82) is 0 Å². The van der Waals surface area contributed by atoms with Gasteiger partial charge in [-0.15, -0.1) is 0 Å². The summed E-state index contributed by atoms with van der Waals surface area (Å²) in [4.78, 5) is 46.0. The molecule has 0 radical (unpaired) electrons. The molecule has 2 rings (SSSR count). The molecule has 0 saturated heterocycles. The first kappa shape index (κ1) is 18.7. The molecule has 0 fully saturated rings. The van der Waals surface area contributed by atoms with Crippen molar-refractivity contribution in [2.45, 2.75) is 13.8 Å². The summed E-state index contributed by atoms with van der Waals surface area (Å²) in [5.74, 6) is -3.09. The molecule has 8 heteroatoms. The highest BCUT2D eigenvalue weighted by Gasteiger charge is 2.16. The molecule has 0 aliphatic carbocycles. The number of rotatable bonds is 5. The Morgan fingerprint density at radius 2 is 1.42 bits per heavy atom. The van der Waals surface area contributed by atoms with E-state index in [0.717, 1.165) is 0 Å². The zero-order valence-corrected chi connectivity index (χ0v) is 13.9. The quantitative estimate of drug-likeness (QED) is 0.623. The third-order valence-electron chi connectivity index (χ3n) is 3.07. The van der Waals surface area contributed by atoms with Crippen LogP contribution in [0, 0.1) is 0 Å². The van der Waals surface area contributed by atoms with E-state index in [1.54, 1.807) is 6.07 Å². The minimum Gasteiger partial charge on any atom is -0.478 e. The van der Waals surface area contributed by atoms with Gasteiger partial charge < -0.3 is 19.9 Å². The van der Waals surface area contributed by atoms with Crippen LogP contribution in [0.1, 0.15) is 34.6 Å². The minimum atomic E-state index is -1.20. The van der Waals surface area contributed by atoms with E-state index < -0.39 is 23.8 Å². The smallest absolute Gasteiger partial charge is 0.337 e. The van der Waals surface area contributed by atoms with E-state index in [2.05, 4.69) is 5.32 Å². The van der Waals surface area contributed by atoms with Gasteiger partial charge in [-0.2, -0.15) is 0 Å². The average molecular weight is 357 g/mol. The normalized spacial score (nSPS) is 9.92. The summed E-state index contributed by atoms with van der Waals surface area (Å²) < 4.78 is 9.87. The number of carbonyl (C=O) groups excluding carboxylic acids is 3. The molecule has 134 valence electrons. The fourth-order valence-corrected chi connectivity index (χ4v) is 2.13. The molecular formula is C18H15NO7. The predicted molar refractivity (Wildman–Crippen MR) is 90.4 cm³/mol. The zero-order chi connectivity index (χ0) is 19.3. The Labute approximate surface area is 148 Å². The van der Waals surface area contributed by atoms with Crippen molar-refractivity contribution in [3.8, 4) is 11.5 Å². The summed E-state index contributed by atoms with van der Waals surface area (Å²) >= 11 is 0. The van der Waals surface area contributed by atoms with E-state index in [4.69, 9.17) is 14.6 Å². The lowest BCUT2D eigenvalue weighted by Crippen LogP contribution is -2.15. The minimum absolute atomic E-state index is 0.00733. The maximum atomic E-state index is 12.5. The summed E-state index contributed by atoms with van der Waals surface area (Å²) in [6.45, 7) is 2.36. The monoisotopic (exact) mass is 357 g/mol. The number of nitrogens with one attached hydrogen (secondary N) is 1. The zero-order valence-electron chi connectivity index (χ0n) is 13.9. The molecule has 0 heterocycles. The Bertz CT molecular complexity index is 855. The van der Waals surface area contributed by atoms with E-state index in [-0.39, 0.29) is 28.3 Å². The molecule has 26 heavy (non-hydrogen) atoms. The van der Waals surface area contributed by atoms with Crippen LogP contribution >= 0.6 is 0 Å². The van der Waals surface area contributed by atoms with Gasteiger partial charge in [-0.3, -0.25) is 14.4 Å². The first-order valence-electron chi connectivity index (χ1n) is 7.42. The number of hydrogen-bond donors (Lipinski definition) is 2. The number of esters is 2. The third kappa shape index (κ3) is 4.91. The van der Waals surface area contributed by atoms with Crippen LogP contribution in [0.3, 0.4) is 0 Å².